The molecule has 38 heavy (non-hydrogen) atoms. The molecule has 0 fully saturated rings. The van der Waals surface area contributed by atoms with Crippen molar-refractivity contribution < 1.29 is 0 Å². The summed E-state index contributed by atoms with van der Waals surface area (Å²) in [6.45, 7) is 36.4. The maximum Gasteiger partial charge on any atom is 0.247 e. The fourth-order valence-electron chi connectivity index (χ4n) is 6.64. The van der Waals surface area contributed by atoms with Gasteiger partial charge < -0.3 is 0 Å². The molecule has 5 heteroatoms. The zero-order valence-electron chi connectivity index (χ0n) is 26.8. The Morgan fingerprint density at radius 1 is 0.395 bits per heavy atom. The molecule has 0 saturated carbocycles. The van der Waals surface area contributed by atoms with Gasteiger partial charge in [-0.2, -0.15) is 0 Å². The Balaban J connectivity index is 2.75. The lowest BCUT2D eigenvalue weighted by molar-refractivity contribution is 1.36. The molecule has 0 aliphatic rings. The number of aryl methyl sites for hydroxylation is 3. The molecule has 0 aliphatic carbocycles. The second kappa shape index (κ2) is 10.3. The Morgan fingerprint density at radius 2 is 0.605 bits per heavy atom. The van der Waals surface area contributed by atoms with Crippen molar-refractivity contribution in [1.29, 1.82) is 0 Å². The molecule has 0 radical (unpaired) electrons. The van der Waals surface area contributed by atoms with Crippen LogP contribution in [-0.2, 0) is 0 Å². The fourth-order valence-corrected chi connectivity index (χ4v) is 23.9. The molecule has 3 aromatic rings. The van der Waals surface area contributed by atoms with Crippen LogP contribution in [0.3, 0.4) is 0 Å². The molecule has 0 unspecified atom stereocenters. The highest BCUT2D eigenvalue weighted by atomic mass is 35.6. The molecule has 0 bridgehead atoms. The summed E-state index contributed by atoms with van der Waals surface area (Å²) in [6, 6.07) is 14.4. The third kappa shape index (κ3) is 5.41. The van der Waals surface area contributed by atoms with E-state index < -0.39 is 31.6 Å². The maximum absolute atomic E-state index is 8.63. The summed E-state index contributed by atoms with van der Waals surface area (Å²) in [6.07, 6.45) is 0. The summed E-state index contributed by atoms with van der Waals surface area (Å²) in [4.78, 5) is 0. The molecule has 0 heterocycles. The van der Waals surface area contributed by atoms with Crippen molar-refractivity contribution in [3.63, 3.8) is 0 Å². The Morgan fingerprint density at radius 3 is 0.789 bits per heavy atom. The fraction of sp³-hybridized carbons (Fsp3) is 0.455. The van der Waals surface area contributed by atoms with Gasteiger partial charge in [0.25, 0.3) is 0 Å². The Hall–Kier alpha value is -1.18. The van der Waals surface area contributed by atoms with Gasteiger partial charge in [-0.15, -0.1) is 11.1 Å². The SMILES string of the molecule is Cc1ccc([Si](Cl)(c2ccc(C)c(C)c2[Si](C)(C)C)c2ccc(C)c(C)c2[Si](C)(C)C)c([Si](C)(C)C)c1C. The topological polar surface area (TPSA) is 0 Å². The highest BCUT2D eigenvalue weighted by molar-refractivity contribution is 7.43. The molecule has 0 atom stereocenters. The maximum atomic E-state index is 8.63. The molecule has 0 spiro atoms. The molecule has 0 aliphatic heterocycles. The summed E-state index contributed by atoms with van der Waals surface area (Å²) in [5, 5.41) is 9.10. The lowest BCUT2D eigenvalue weighted by Crippen LogP contribution is -2.77. The van der Waals surface area contributed by atoms with E-state index in [1.165, 1.54) is 48.9 Å². The molecular weight excluding hydrogens is 544 g/mol. The van der Waals surface area contributed by atoms with E-state index in [2.05, 4.69) is 137 Å². The van der Waals surface area contributed by atoms with Gasteiger partial charge in [0, 0.05) is 0 Å². The first-order valence-corrected chi connectivity index (χ1v) is 27.7. The van der Waals surface area contributed by atoms with Crippen molar-refractivity contribution in [2.24, 2.45) is 0 Å². The van der Waals surface area contributed by atoms with Gasteiger partial charge in [-0.1, -0.05) is 111 Å². The molecule has 3 aromatic carbocycles. The Bertz CT molecular complexity index is 1210. The van der Waals surface area contributed by atoms with E-state index in [0.717, 1.165) is 0 Å². The predicted octanol–water partition coefficient (Wildman–Crippen LogP) is 6.38. The van der Waals surface area contributed by atoms with E-state index in [9.17, 15) is 0 Å². The summed E-state index contributed by atoms with van der Waals surface area (Å²) < 4.78 is 0. The quantitative estimate of drug-likeness (QED) is 0.176. The zero-order valence-corrected chi connectivity index (χ0v) is 31.6. The van der Waals surface area contributed by atoms with Crippen LogP contribution in [0.15, 0.2) is 36.4 Å². The van der Waals surface area contributed by atoms with Gasteiger partial charge in [-0.3, -0.25) is 0 Å². The van der Waals surface area contributed by atoms with Crippen molar-refractivity contribution in [3.05, 3.63) is 69.8 Å². The summed E-state index contributed by atoms with van der Waals surface area (Å²) in [5.74, 6) is 0. The molecular formula is C33H51ClSi4. The van der Waals surface area contributed by atoms with Gasteiger partial charge >= 0.3 is 0 Å². The third-order valence-corrected chi connectivity index (χ3v) is 21.1. The van der Waals surface area contributed by atoms with Gasteiger partial charge in [-0.25, -0.2) is 0 Å². The van der Waals surface area contributed by atoms with Crippen LogP contribution in [0.25, 0.3) is 0 Å². The van der Waals surface area contributed by atoms with E-state index in [4.69, 9.17) is 11.1 Å². The van der Waals surface area contributed by atoms with Gasteiger partial charge in [0.1, 0.15) is 0 Å². The Kier molecular flexibility index (Phi) is 8.53. The number of hydrogen-bond donors (Lipinski definition) is 0. The van der Waals surface area contributed by atoms with Crippen LogP contribution in [0.2, 0.25) is 58.9 Å². The number of hydrogen-bond acceptors (Lipinski definition) is 0. The van der Waals surface area contributed by atoms with Gasteiger partial charge in [0.05, 0.1) is 24.2 Å². The molecule has 0 amide bonds. The predicted molar refractivity (Wildman–Crippen MR) is 187 cm³/mol. The molecule has 206 valence electrons. The number of benzene rings is 3. The van der Waals surface area contributed by atoms with Crippen LogP contribution >= 0.6 is 11.1 Å². The molecule has 0 saturated heterocycles. The van der Waals surface area contributed by atoms with Crippen LogP contribution in [0.5, 0.6) is 0 Å². The highest BCUT2D eigenvalue weighted by Gasteiger charge is 2.48. The second-order valence-electron chi connectivity index (χ2n) is 14.7. The molecule has 3 rings (SSSR count). The van der Waals surface area contributed by atoms with Crippen molar-refractivity contribution in [3.8, 4) is 0 Å². The molecule has 0 nitrogen and oxygen atoms in total. The molecule has 0 aromatic heterocycles. The monoisotopic (exact) mass is 594 g/mol. The van der Waals surface area contributed by atoms with Crippen LogP contribution in [0.4, 0.5) is 0 Å². The lowest BCUT2D eigenvalue weighted by Gasteiger charge is -2.40. The average Bonchev–Trinajstić information content (AvgIpc) is 2.75. The van der Waals surface area contributed by atoms with E-state index in [1.54, 1.807) is 15.6 Å². The highest BCUT2D eigenvalue weighted by Crippen LogP contribution is 2.22. The summed E-state index contributed by atoms with van der Waals surface area (Å²) >= 11 is 8.63. The van der Waals surface area contributed by atoms with E-state index >= 15 is 0 Å². The normalized spacial score (nSPS) is 13.3. The van der Waals surface area contributed by atoms with Crippen LogP contribution in [-0.4, -0.2) is 31.6 Å². The van der Waals surface area contributed by atoms with E-state index in [-0.39, 0.29) is 0 Å². The van der Waals surface area contributed by atoms with E-state index in [0.29, 0.717) is 0 Å². The number of rotatable bonds is 6. The minimum Gasteiger partial charge on any atom is -0.149 e. The van der Waals surface area contributed by atoms with E-state index in [1.807, 2.05) is 0 Å². The first-order valence-electron chi connectivity index (χ1n) is 14.2. The van der Waals surface area contributed by atoms with Gasteiger partial charge in [0.2, 0.25) is 7.38 Å². The Labute approximate surface area is 243 Å². The first kappa shape index (κ1) is 31.3. The van der Waals surface area contributed by atoms with Gasteiger partial charge in [-0.05, 0) is 90.5 Å². The van der Waals surface area contributed by atoms with Crippen LogP contribution in [0.1, 0.15) is 33.4 Å². The lowest BCUT2D eigenvalue weighted by atomic mass is 10.1. The van der Waals surface area contributed by atoms with Gasteiger partial charge in [0.15, 0.2) is 0 Å². The minimum atomic E-state index is -2.93. The minimum absolute atomic E-state index is 1.38. The summed E-state index contributed by atoms with van der Waals surface area (Å²) in [5.41, 5.74) is 8.52. The third-order valence-electron chi connectivity index (χ3n) is 8.57. The first-order chi connectivity index (χ1) is 17.1. The van der Waals surface area contributed by atoms with Crippen molar-refractivity contribution >= 4 is 73.8 Å². The smallest absolute Gasteiger partial charge is 0.149 e. The van der Waals surface area contributed by atoms with Crippen molar-refractivity contribution in [2.45, 2.75) is 100 Å². The van der Waals surface area contributed by atoms with Crippen molar-refractivity contribution in [1.82, 2.24) is 0 Å². The van der Waals surface area contributed by atoms with Crippen LogP contribution in [0, 0.1) is 41.5 Å². The molecule has 0 N–H and O–H groups in total. The zero-order chi connectivity index (χ0) is 29.2. The van der Waals surface area contributed by atoms with Crippen molar-refractivity contribution in [2.75, 3.05) is 0 Å². The standard InChI is InChI=1S/C33H51ClSi4/c1-22-16-19-28(31(25(22)4)35(7,8)9)38(34,29-20-17-23(2)26(5)32(29)36(10,11)12)30-21-18-24(3)27(6)33(30)37(13,14)15/h16-21H,1-15H3. The second-order valence-corrected chi connectivity index (χ2v) is 34.3. The average molecular weight is 596 g/mol. The summed E-state index contributed by atoms with van der Waals surface area (Å²) in [7, 11) is -8.12. The van der Waals surface area contributed by atoms with Crippen LogP contribution < -0.4 is 31.1 Å². The number of halogens is 1. The largest absolute Gasteiger partial charge is 0.247 e.